The summed E-state index contributed by atoms with van der Waals surface area (Å²) in [5.41, 5.74) is 1.32. The maximum Gasteiger partial charge on any atom is 0.374 e. The first-order valence-electron chi connectivity index (χ1n) is 10.4. The number of nitrogens with zero attached hydrogens (tertiary/aromatic N) is 2. The van der Waals surface area contributed by atoms with Crippen molar-refractivity contribution in [2.24, 2.45) is 0 Å². The van der Waals surface area contributed by atoms with Gasteiger partial charge in [0.25, 0.3) is 5.56 Å². The van der Waals surface area contributed by atoms with Gasteiger partial charge in [0.1, 0.15) is 15.5 Å². The normalized spacial score (nSPS) is 11.0. The number of ether oxygens (including phenoxy) is 2. The van der Waals surface area contributed by atoms with Crippen molar-refractivity contribution in [3.05, 3.63) is 86.7 Å². The predicted molar refractivity (Wildman–Crippen MR) is 123 cm³/mol. The van der Waals surface area contributed by atoms with Gasteiger partial charge in [-0.3, -0.25) is 9.36 Å². The molecule has 0 bridgehead atoms. The Labute approximate surface area is 193 Å². The van der Waals surface area contributed by atoms with Gasteiger partial charge < -0.3 is 13.9 Å². The zero-order valence-electron chi connectivity index (χ0n) is 18.2. The van der Waals surface area contributed by atoms with Crippen LogP contribution in [0.25, 0.3) is 10.2 Å². The third kappa shape index (κ3) is 4.88. The molecule has 0 saturated carbocycles. The lowest BCUT2D eigenvalue weighted by atomic mass is 10.2. The molecule has 170 valence electrons. The fourth-order valence-corrected chi connectivity index (χ4v) is 4.41. The second-order valence-electron chi connectivity index (χ2n) is 7.27. The van der Waals surface area contributed by atoms with E-state index in [-0.39, 0.29) is 31.1 Å². The number of aromatic nitrogens is 2. The summed E-state index contributed by atoms with van der Waals surface area (Å²) in [5, 5.41) is 0.370. The molecule has 33 heavy (non-hydrogen) atoms. The van der Waals surface area contributed by atoms with Gasteiger partial charge in [-0.05, 0) is 37.1 Å². The van der Waals surface area contributed by atoms with E-state index >= 15 is 0 Å². The van der Waals surface area contributed by atoms with Gasteiger partial charge in [-0.15, -0.1) is 11.3 Å². The van der Waals surface area contributed by atoms with Crippen LogP contribution in [-0.2, 0) is 22.4 Å². The molecular formula is C24H22N2O6S. The lowest BCUT2D eigenvalue weighted by molar-refractivity contribution is 0.0485. The van der Waals surface area contributed by atoms with Gasteiger partial charge in [0.15, 0.2) is 0 Å². The Hall–Kier alpha value is -3.72. The van der Waals surface area contributed by atoms with Gasteiger partial charge in [0.05, 0.1) is 31.5 Å². The van der Waals surface area contributed by atoms with Crippen LogP contribution in [0.3, 0.4) is 0 Å². The van der Waals surface area contributed by atoms with Gasteiger partial charge in [-0.1, -0.05) is 30.3 Å². The highest BCUT2D eigenvalue weighted by atomic mass is 32.1. The molecule has 4 aromatic rings. The first-order chi connectivity index (χ1) is 16.0. The minimum Gasteiger partial charge on any atom is -0.461 e. The van der Waals surface area contributed by atoms with Crippen molar-refractivity contribution in [2.45, 2.75) is 26.8 Å². The maximum absolute atomic E-state index is 13.1. The highest BCUT2D eigenvalue weighted by Gasteiger charge is 2.21. The minimum atomic E-state index is -0.561. The van der Waals surface area contributed by atoms with E-state index in [1.165, 1.54) is 17.0 Å². The van der Waals surface area contributed by atoms with E-state index in [0.29, 0.717) is 32.8 Å². The van der Waals surface area contributed by atoms with E-state index < -0.39 is 11.9 Å². The van der Waals surface area contributed by atoms with Gasteiger partial charge in [-0.25, -0.2) is 14.6 Å². The third-order valence-electron chi connectivity index (χ3n) is 5.03. The molecule has 0 spiro atoms. The predicted octanol–water partition coefficient (Wildman–Crippen LogP) is 3.98. The molecule has 0 atom stereocenters. The summed E-state index contributed by atoms with van der Waals surface area (Å²) in [6.07, 6.45) is 2.01. The highest BCUT2D eigenvalue weighted by Crippen LogP contribution is 2.27. The molecule has 3 aromatic heterocycles. The molecule has 9 heteroatoms. The number of furan rings is 1. The van der Waals surface area contributed by atoms with Crippen LogP contribution < -0.4 is 5.56 Å². The molecule has 0 fully saturated rings. The zero-order chi connectivity index (χ0) is 23.4. The molecule has 4 rings (SSSR count). The Balaban J connectivity index is 1.51. The second kappa shape index (κ2) is 9.83. The summed E-state index contributed by atoms with van der Waals surface area (Å²) in [4.78, 5) is 42.7. The van der Waals surface area contributed by atoms with Crippen LogP contribution in [0.4, 0.5) is 0 Å². The molecule has 3 heterocycles. The lowest BCUT2D eigenvalue weighted by Gasteiger charge is -2.04. The van der Waals surface area contributed by atoms with Gasteiger partial charge in [-0.2, -0.15) is 0 Å². The molecule has 1 aromatic carbocycles. The molecule has 0 unspecified atom stereocenters. The number of rotatable bonds is 8. The fourth-order valence-electron chi connectivity index (χ4n) is 3.38. The highest BCUT2D eigenvalue weighted by molar-refractivity contribution is 7.20. The van der Waals surface area contributed by atoms with E-state index in [1.54, 1.807) is 19.9 Å². The number of fused-ring (bicyclic) bond motifs is 1. The molecule has 0 aliphatic heterocycles. The summed E-state index contributed by atoms with van der Waals surface area (Å²) >= 11 is 1.14. The Morgan fingerprint density at radius 1 is 1.09 bits per heavy atom. The first kappa shape index (κ1) is 22.5. The third-order valence-corrected chi connectivity index (χ3v) is 6.21. The van der Waals surface area contributed by atoms with E-state index in [2.05, 4.69) is 4.98 Å². The zero-order valence-corrected chi connectivity index (χ0v) is 19.0. The van der Waals surface area contributed by atoms with Crippen molar-refractivity contribution >= 4 is 33.5 Å². The number of esters is 2. The molecule has 0 radical (unpaired) electrons. The molecule has 0 aliphatic carbocycles. The molecular weight excluding hydrogens is 444 g/mol. The van der Waals surface area contributed by atoms with E-state index in [0.717, 1.165) is 16.9 Å². The number of carbonyl (C=O) groups excluding carboxylic acids is 2. The van der Waals surface area contributed by atoms with Crippen LogP contribution in [-0.4, -0.2) is 34.7 Å². The average Bonchev–Trinajstić information content (AvgIpc) is 3.41. The topological polar surface area (TPSA) is 101 Å². The molecule has 0 N–H and O–H groups in total. The summed E-state index contributed by atoms with van der Waals surface area (Å²) < 4.78 is 17.2. The van der Waals surface area contributed by atoms with Crippen LogP contribution >= 0.6 is 11.3 Å². The first-order valence-corrected chi connectivity index (χ1v) is 11.2. The van der Waals surface area contributed by atoms with Crippen molar-refractivity contribution < 1.29 is 23.5 Å². The summed E-state index contributed by atoms with van der Waals surface area (Å²) in [7, 11) is 0. The van der Waals surface area contributed by atoms with E-state index in [4.69, 9.17) is 13.9 Å². The van der Waals surface area contributed by atoms with Crippen LogP contribution in [0.5, 0.6) is 0 Å². The minimum absolute atomic E-state index is 0.0705. The monoisotopic (exact) mass is 466 g/mol. The van der Waals surface area contributed by atoms with Crippen molar-refractivity contribution in [3.63, 3.8) is 0 Å². The molecule has 0 amide bonds. The Morgan fingerprint density at radius 2 is 1.88 bits per heavy atom. The van der Waals surface area contributed by atoms with Crippen molar-refractivity contribution in [3.8, 4) is 0 Å². The standard InChI is InChI=1S/C24H22N2O6S/c1-3-30-23(28)18-10-9-17(32-18)13-26-14-25-21-19(22(26)27)15(2)20(33-21)24(29)31-12-11-16-7-5-4-6-8-16/h4-10,14H,3,11-13H2,1-2H3. The Morgan fingerprint density at radius 3 is 2.64 bits per heavy atom. The lowest BCUT2D eigenvalue weighted by Crippen LogP contribution is -2.21. The quantitative estimate of drug-likeness (QED) is 0.362. The number of carbonyl (C=O) groups is 2. The summed E-state index contributed by atoms with van der Waals surface area (Å²) in [6, 6.07) is 12.9. The number of hydrogen-bond donors (Lipinski definition) is 0. The molecule has 8 nitrogen and oxygen atoms in total. The largest absolute Gasteiger partial charge is 0.461 e. The number of hydrogen-bond acceptors (Lipinski definition) is 8. The fraction of sp³-hybridized carbons (Fsp3) is 0.250. The molecule has 0 saturated heterocycles. The van der Waals surface area contributed by atoms with Gasteiger partial charge in [0.2, 0.25) is 5.76 Å². The smallest absolute Gasteiger partial charge is 0.374 e. The average molecular weight is 467 g/mol. The van der Waals surface area contributed by atoms with Crippen molar-refractivity contribution in [1.82, 2.24) is 9.55 Å². The number of thiophene rings is 1. The van der Waals surface area contributed by atoms with Crippen LogP contribution in [0.2, 0.25) is 0 Å². The van der Waals surface area contributed by atoms with Gasteiger partial charge >= 0.3 is 11.9 Å². The SMILES string of the molecule is CCOC(=O)c1ccc(Cn2cnc3sc(C(=O)OCCc4ccccc4)c(C)c3c2=O)o1. The van der Waals surface area contributed by atoms with Crippen LogP contribution in [0.15, 0.2) is 58.0 Å². The Bertz CT molecular complexity index is 1350. The summed E-state index contributed by atoms with van der Waals surface area (Å²) in [5.74, 6) is -0.549. The number of benzene rings is 1. The van der Waals surface area contributed by atoms with Crippen LogP contribution in [0.1, 0.15) is 44.0 Å². The van der Waals surface area contributed by atoms with Crippen molar-refractivity contribution in [1.29, 1.82) is 0 Å². The number of aryl methyl sites for hydroxylation is 1. The van der Waals surface area contributed by atoms with Gasteiger partial charge in [0, 0.05) is 6.42 Å². The maximum atomic E-state index is 13.1. The van der Waals surface area contributed by atoms with E-state index in [9.17, 15) is 14.4 Å². The molecule has 0 aliphatic rings. The Kier molecular flexibility index (Phi) is 6.69. The van der Waals surface area contributed by atoms with E-state index in [1.807, 2.05) is 30.3 Å². The summed E-state index contributed by atoms with van der Waals surface area (Å²) in [6.45, 7) is 4.00. The van der Waals surface area contributed by atoms with Crippen molar-refractivity contribution in [2.75, 3.05) is 13.2 Å². The van der Waals surface area contributed by atoms with Crippen LogP contribution in [0, 0.1) is 6.92 Å². The second-order valence-corrected chi connectivity index (χ2v) is 8.27.